The molecule has 1 atom stereocenters. The molecule has 0 aromatic rings. The quantitative estimate of drug-likeness (QED) is 0.455. The van der Waals surface area contributed by atoms with Gasteiger partial charge in [0.05, 0.1) is 0 Å². The normalized spacial score (nSPS) is 32.1. The highest BCUT2D eigenvalue weighted by Crippen LogP contribution is 2.55. The Labute approximate surface area is 72.0 Å². The Bertz CT molecular complexity index is 92.8. The summed E-state index contributed by atoms with van der Waals surface area (Å²) in [6.45, 7) is 2.44. The molecule has 0 aromatic carbocycles. The van der Waals surface area contributed by atoms with E-state index < -0.39 is 0 Å². The fraction of sp³-hybridized carbons (Fsp3) is 1.00. The van der Waals surface area contributed by atoms with Crippen molar-refractivity contribution in [3.8, 4) is 0 Å². The largest absolute Gasteiger partial charge is 0.327 e. The minimum Gasteiger partial charge on any atom is -0.286 e. The van der Waals surface area contributed by atoms with Gasteiger partial charge in [-0.25, -0.2) is 4.78 Å². The second-order valence-electron chi connectivity index (χ2n) is 2.51. The van der Waals surface area contributed by atoms with E-state index in [2.05, 4.69) is 57.7 Å². The van der Waals surface area contributed by atoms with Crippen LogP contribution in [0.4, 0.5) is 0 Å². The predicted molar refractivity (Wildman–Crippen MR) is 50.8 cm³/mol. The van der Waals surface area contributed by atoms with Crippen molar-refractivity contribution in [3.05, 3.63) is 0 Å². The highest BCUT2D eigenvalue weighted by Gasteiger charge is 2.38. The fourth-order valence-electron chi connectivity index (χ4n) is 0.942. The zero-order valence-corrected chi connectivity index (χ0v) is 9.22. The maximum atomic E-state index is 3.62. The molecule has 58 valence electrons. The Morgan fingerprint density at radius 3 is 1.90 bits per heavy atom. The van der Waals surface area contributed by atoms with E-state index in [9.17, 15) is 0 Å². The topological polar surface area (TPSA) is 9.72 Å². The van der Waals surface area contributed by atoms with Gasteiger partial charge in [0.1, 0.15) is 6.93 Å². The second kappa shape index (κ2) is 3.07. The summed E-state index contributed by atoms with van der Waals surface area (Å²) in [5.74, 6) is 0. The van der Waals surface area contributed by atoms with Gasteiger partial charge >= 0.3 is 6.98 Å². The summed E-state index contributed by atoms with van der Waals surface area (Å²) in [6.07, 6.45) is 0. The minimum atomic E-state index is -0.261. The monoisotopic (exact) mass is 223 g/mol. The molecule has 10 heavy (non-hydrogen) atoms. The van der Waals surface area contributed by atoms with Crippen LogP contribution < -0.4 is 0 Å². The third kappa shape index (κ3) is 1.26. The van der Waals surface area contributed by atoms with E-state index in [1.165, 1.54) is 0 Å². The van der Waals surface area contributed by atoms with E-state index in [0.29, 0.717) is 6.98 Å². The molecule has 0 aliphatic carbocycles. The second-order valence-corrected chi connectivity index (χ2v) is 6.10. The highest BCUT2D eigenvalue weighted by molar-refractivity contribution is 9.39. The molecule has 0 spiro atoms. The molecule has 1 fully saturated rings. The van der Waals surface area contributed by atoms with Crippen LogP contribution in [0.25, 0.3) is 0 Å². The number of rotatable bonds is 0. The standard InChI is InChI=1S/C4H12BBrN3P/c1-5-7(2)9(4)10(6)8(5)3/h1-4H3. The van der Waals surface area contributed by atoms with E-state index in [4.69, 9.17) is 0 Å². The zero-order chi connectivity index (χ0) is 7.89. The van der Waals surface area contributed by atoms with Crippen LogP contribution in [0.1, 0.15) is 0 Å². The van der Waals surface area contributed by atoms with Crippen LogP contribution in [0, 0.1) is 0 Å². The molecule has 0 saturated carbocycles. The first-order valence-corrected chi connectivity index (χ1v) is 6.47. The number of nitrogens with zero attached hydrogens (tertiary/aromatic N) is 3. The van der Waals surface area contributed by atoms with Crippen molar-refractivity contribution in [2.45, 2.75) is 6.82 Å². The van der Waals surface area contributed by atoms with Gasteiger partial charge in [0, 0.05) is 7.05 Å². The van der Waals surface area contributed by atoms with Crippen LogP contribution in [0.15, 0.2) is 0 Å². The van der Waals surface area contributed by atoms with Gasteiger partial charge in [-0.2, -0.15) is 0 Å². The van der Waals surface area contributed by atoms with Crippen molar-refractivity contribution in [2.24, 2.45) is 0 Å². The lowest BCUT2D eigenvalue weighted by Crippen LogP contribution is -2.39. The molecule has 1 saturated heterocycles. The van der Waals surface area contributed by atoms with Crippen molar-refractivity contribution >= 4 is 29.4 Å². The van der Waals surface area contributed by atoms with E-state index in [0.717, 1.165) is 0 Å². The van der Waals surface area contributed by atoms with Crippen LogP contribution in [-0.4, -0.2) is 42.4 Å². The molecule has 1 aliphatic heterocycles. The smallest absolute Gasteiger partial charge is 0.286 e. The van der Waals surface area contributed by atoms with Gasteiger partial charge in [0.2, 0.25) is 0 Å². The summed E-state index contributed by atoms with van der Waals surface area (Å²) in [5.41, 5.74) is 0. The molecule has 3 nitrogen and oxygen atoms in total. The molecule has 1 unspecified atom stereocenters. The van der Waals surface area contributed by atoms with E-state index in [1.54, 1.807) is 0 Å². The lowest BCUT2D eigenvalue weighted by atomic mass is 9.80. The van der Waals surface area contributed by atoms with Gasteiger partial charge in [-0.1, -0.05) is 6.82 Å². The predicted octanol–water partition coefficient (Wildman–Crippen LogP) is 1.45. The maximum absolute atomic E-state index is 3.62. The molecule has 1 heterocycles. The van der Waals surface area contributed by atoms with Crippen molar-refractivity contribution in [3.63, 3.8) is 0 Å². The van der Waals surface area contributed by atoms with E-state index in [1.807, 2.05) is 0 Å². The van der Waals surface area contributed by atoms with Crippen LogP contribution in [0.3, 0.4) is 0 Å². The highest BCUT2D eigenvalue weighted by atomic mass is 79.9. The maximum Gasteiger partial charge on any atom is 0.327 e. The molecular weight excluding hydrogens is 212 g/mol. The van der Waals surface area contributed by atoms with Gasteiger partial charge in [-0.15, -0.1) is 0 Å². The van der Waals surface area contributed by atoms with Gasteiger partial charge in [0.25, 0.3) is 0 Å². The van der Waals surface area contributed by atoms with E-state index >= 15 is 0 Å². The lowest BCUT2D eigenvalue weighted by Gasteiger charge is -2.21. The molecule has 6 heteroatoms. The Hall–Kier alpha value is 0.855. The number of hydrogen-bond donors (Lipinski definition) is 0. The first-order chi connectivity index (χ1) is 4.55. The molecule has 1 rings (SSSR count). The Morgan fingerprint density at radius 2 is 1.80 bits per heavy atom. The summed E-state index contributed by atoms with van der Waals surface area (Å²) in [6, 6.07) is 0. The molecule has 0 amide bonds. The van der Waals surface area contributed by atoms with Crippen molar-refractivity contribution in [1.29, 1.82) is 0 Å². The third-order valence-electron chi connectivity index (χ3n) is 2.04. The van der Waals surface area contributed by atoms with Gasteiger partial charge in [0.15, 0.2) is 0 Å². The summed E-state index contributed by atoms with van der Waals surface area (Å²) in [4.78, 5) is 2.22. The van der Waals surface area contributed by atoms with Gasteiger partial charge in [-0.05, 0) is 29.6 Å². The molecular formula is C4H12BBrN3P. The number of hydrazine groups is 1. The first kappa shape index (κ1) is 8.95. The molecule has 0 radical (unpaired) electrons. The molecule has 0 aromatic heterocycles. The van der Waals surface area contributed by atoms with Gasteiger partial charge < -0.3 is 0 Å². The van der Waals surface area contributed by atoms with Crippen LogP contribution in [-0.2, 0) is 0 Å². The molecule has 0 N–H and O–H groups in total. The van der Waals surface area contributed by atoms with Crippen molar-refractivity contribution in [2.75, 3.05) is 21.1 Å². The van der Waals surface area contributed by atoms with Crippen molar-refractivity contribution in [1.82, 2.24) is 14.3 Å². The number of hydrogen-bond acceptors (Lipinski definition) is 3. The Balaban J connectivity index is 2.68. The fourth-order valence-corrected chi connectivity index (χ4v) is 3.62. The lowest BCUT2D eigenvalue weighted by molar-refractivity contribution is 0.262. The Morgan fingerprint density at radius 1 is 1.30 bits per heavy atom. The van der Waals surface area contributed by atoms with Crippen molar-refractivity contribution < 1.29 is 0 Å². The summed E-state index contributed by atoms with van der Waals surface area (Å²) in [7, 11) is 6.33. The first-order valence-electron chi connectivity index (χ1n) is 3.20. The third-order valence-corrected chi connectivity index (χ3v) is 6.53. The molecule has 0 bridgehead atoms. The summed E-state index contributed by atoms with van der Waals surface area (Å²) < 4.78 is 4.54. The summed E-state index contributed by atoms with van der Waals surface area (Å²) >= 11 is 3.62. The number of halogens is 1. The van der Waals surface area contributed by atoms with Crippen LogP contribution >= 0.6 is 22.4 Å². The minimum absolute atomic E-state index is 0.261. The SMILES string of the molecule is CB1N(C)N(C)P(Br)N1C. The average Bonchev–Trinajstić information content (AvgIpc) is 2.07. The zero-order valence-electron chi connectivity index (χ0n) is 6.74. The Kier molecular flexibility index (Phi) is 2.75. The molecule has 1 aliphatic rings. The van der Waals surface area contributed by atoms with Crippen LogP contribution in [0.5, 0.6) is 0 Å². The van der Waals surface area contributed by atoms with Crippen LogP contribution in [0.2, 0.25) is 6.82 Å². The van der Waals surface area contributed by atoms with E-state index in [-0.39, 0.29) is 6.93 Å². The van der Waals surface area contributed by atoms with Gasteiger partial charge in [-0.3, -0.25) is 9.50 Å². The average molecular weight is 224 g/mol. The summed E-state index contributed by atoms with van der Waals surface area (Å²) in [5, 5.41) is 0.